The molecule has 0 saturated carbocycles. The van der Waals surface area contributed by atoms with Gasteiger partial charge >= 0.3 is 18.1 Å². The van der Waals surface area contributed by atoms with Crippen molar-refractivity contribution in [3.05, 3.63) is 42.0 Å². The number of nitrogens with two attached hydrogens (primary N) is 1. The Morgan fingerprint density at radius 2 is 1.51 bits per heavy atom. The average molecular weight is 619 g/mol. The van der Waals surface area contributed by atoms with E-state index in [-0.39, 0.29) is 37.6 Å². The highest BCUT2D eigenvalue weighted by atomic mass is 19.4. The number of carboxylic acid groups (broad SMARTS) is 2. The first-order chi connectivity index (χ1) is 19.9. The number of allylic oxidation sites excluding steroid dienone is 1. The van der Waals surface area contributed by atoms with E-state index in [1.165, 1.54) is 0 Å². The van der Waals surface area contributed by atoms with Gasteiger partial charge < -0.3 is 15.9 Å². The maximum absolute atomic E-state index is 13.4. The molecule has 0 saturated heterocycles. The van der Waals surface area contributed by atoms with Gasteiger partial charge in [-0.05, 0) is 36.7 Å². The molecule has 3 amide bonds. The van der Waals surface area contributed by atoms with Crippen molar-refractivity contribution >= 4 is 35.7 Å². The van der Waals surface area contributed by atoms with Crippen LogP contribution >= 0.6 is 0 Å². The Morgan fingerprint density at radius 3 is 1.95 bits per heavy atom. The largest absolute Gasteiger partial charge is 0.490 e. The highest BCUT2D eigenvalue weighted by Crippen LogP contribution is 2.26. The third-order valence-electron chi connectivity index (χ3n) is 5.78. The summed E-state index contributed by atoms with van der Waals surface area (Å²) in [5.41, 5.74) is 11.1. The van der Waals surface area contributed by atoms with Crippen LogP contribution in [0.25, 0.3) is 6.08 Å². The normalized spacial score (nSPS) is 13.5. The first-order valence-electron chi connectivity index (χ1n) is 13.4. The molecule has 15 heteroatoms. The molecular formula is C28H41F3N4O8. The molecule has 1 rings (SSSR count). The van der Waals surface area contributed by atoms with Crippen LogP contribution in [-0.4, -0.2) is 68.9 Å². The Bertz CT molecular complexity index is 1080. The van der Waals surface area contributed by atoms with Crippen LogP contribution in [0.15, 0.2) is 36.4 Å². The van der Waals surface area contributed by atoms with Crippen molar-refractivity contribution in [2.24, 2.45) is 29.4 Å². The van der Waals surface area contributed by atoms with Gasteiger partial charge in [-0.2, -0.15) is 13.2 Å². The molecule has 43 heavy (non-hydrogen) atoms. The molecule has 0 spiro atoms. The average Bonchev–Trinajstić information content (AvgIpc) is 2.91. The summed E-state index contributed by atoms with van der Waals surface area (Å²) >= 11 is 0. The van der Waals surface area contributed by atoms with E-state index in [9.17, 15) is 37.6 Å². The van der Waals surface area contributed by atoms with E-state index in [0.29, 0.717) is 6.42 Å². The molecule has 0 aromatic heterocycles. The highest BCUT2D eigenvalue weighted by Gasteiger charge is 2.38. The van der Waals surface area contributed by atoms with Crippen molar-refractivity contribution in [1.29, 1.82) is 0 Å². The van der Waals surface area contributed by atoms with Gasteiger partial charge in [0.2, 0.25) is 11.8 Å². The Hall–Kier alpha value is -3.98. The smallest absolute Gasteiger partial charge is 0.481 e. The van der Waals surface area contributed by atoms with E-state index in [1.807, 2.05) is 64.1 Å². The van der Waals surface area contributed by atoms with E-state index in [4.69, 9.17) is 20.7 Å². The number of rotatable bonds is 14. The van der Waals surface area contributed by atoms with Gasteiger partial charge in [0, 0.05) is 13.0 Å². The lowest BCUT2D eigenvalue weighted by Crippen LogP contribution is -2.56. The van der Waals surface area contributed by atoms with E-state index >= 15 is 0 Å². The molecule has 3 atom stereocenters. The van der Waals surface area contributed by atoms with E-state index in [1.54, 1.807) is 11.6 Å². The Labute approximate surface area is 248 Å². The second-order valence-electron chi connectivity index (χ2n) is 10.5. The summed E-state index contributed by atoms with van der Waals surface area (Å²) in [6.07, 6.45) is -1.32. The number of aliphatic carboxylic acids is 2. The molecule has 0 radical (unpaired) electrons. The quantitative estimate of drug-likeness (QED) is 0.134. The van der Waals surface area contributed by atoms with Crippen molar-refractivity contribution in [1.82, 2.24) is 15.9 Å². The fourth-order valence-corrected chi connectivity index (χ4v) is 3.79. The molecule has 0 aliphatic rings. The first kappa shape index (κ1) is 39.0. The molecule has 0 unspecified atom stereocenters. The number of amides is 3. The van der Waals surface area contributed by atoms with Crippen LogP contribution in [0.2, 0.25) is 0 Å². The van der Waals surface area contributed by atoms with E-state index in [0.717, 1.165) is 10.6 Å². The zero-order valence-corrected chi connectivity index (χ0v) is 24.5. The number of hydroxylamine groups is 1. The zero-order chi connectivity index (χ0) is 33.3. The summed E-state index contributed by atoms with van der Waals surface area (Å²) in [7, 11) is 0. The molecular weight excluding hydrogens is 577 g/mol. The lowest BCUT2D eigenvalue weighted by molar-refractivity contribution is -0.192. The predicted molar refractivity (Wildman–Crippen MR) is 150 cm³/mol. The number of hydrogen-bond acceptors (Lipinski definition) is 7. The van der Waals surface area contributed by atoms with Crippen LogP contribution in [0.4, 0.5) is 13.2 Å². The van der Waals surface area contributed by atoms with Gasteiger partial charge in [-0.1, -0.05) is 70.2 Å². The topological polar surface area (TPSA) is 199 Å². The van der Waals surface area contributed by atoms with Gasteiger partial charge in [0.05, 0.1) is 17.9 Å². The van der Waals surface area contributed by atoms with Crippen LogP contribution in [0.3, 0.4) is 0 Å². The minimum atomic E-state index is -5.08. The molecule has 0 aliphatic heterocycles. The number of nitrogens with one attached hydrogen (secondary N) is 2. The number of alkyl halides is 3. The molecule has 12 nitrogen and oxygen atoms in total. The van der Waals surface area contributed by atoms with Crippen LogP contribution in [0.1, 0.15) is 58.9 Å². The van der Waals surface area contributed by atoms with Crippen LogP contribution in [-0.2, 0) is 24.0 Å². The molecule has 7 N–H and O–H groups in total. The van der Waals surface area contributed by atoms with Crippen molar-refractivity contribution in [2.45, 2.75) is 65.6 Å². The summed E-state index contributed by atoms with van der Waals surface area (Å²) in [5.74, 6) is -7.41. The van der Waals surface area contributed by atoms with Crippen molar-refractivity contribution in [3.63, 3.8) is 0 Å². The van der Waals surface area contributed by atoms with Gasteiger partial charge in [-0.3, -0.25) is 34.8 Å². The Balaban J connectivity index is 0.00000223. The SMILES string of the molecule is CC(C)C[C@@H](C(=O)NN(CC(C)C)C(=O)[C@H](N)CCC(=O)O)[C@H](CC=Cc1ccccc1)C(=O)NO.O=C(O)C(F)(F)F. The van der Waals surface area contributed by atoms with Gasteiger partial charge in [0.15, 0.2) is 0 Å². The molecule has 242 valence electrons. The number of hydrogen-bond donors (Lipinski definition) is 6. The number of benzene rings is 1. The molecule has 0 bridgehead atoms. The third-order valence-corrected chi connectivity index (χ3v) is 5.78. The Morgan fingerprint density at radius 1 is 0.953 bits per heavy atom. The second-order valence-corrected chi connectivity index (χ2v) is 10.5. The zero-order valence-electron chi connectivity index (χ0n) is 24.5. The van der Waals surface area contributed by atoms with Gasteiger partial charge in [-0.25, -0.2) is 10.3 Å². The minimum Gasteiger partial charge on any atom is -0.481 e. The summed E-state index contributed by atoms with van der Waals surface area (Å²) in [6, 6.07) is 8.36. The Kier molecular flexibility index (Phi) is 17.5. The molecule has 0 heterocycles. The standard InChI is InChI=1S/C26H40N4O6.C2HF3O2/c1-17(2)15-21(20(25(34)29-36)12-8-11-19-9-6-5-7-10-19)24(33)28-30(16-18(3)4)26(35)22(27)13-14-23(31)32;3-2(4,5)1(6)7/h5-11,17-18,20-22,36H,12-16,27H2,1-4H3,(H,28,33)(H,29,34)(H,31,32);(H,6,7)/t20-,21+,22+;/m0./s1. The van der Waals surface area contributed by atoms with Crippen LogP contribution in [0, 0.1) is 23.7 Å². The molecule has 1 aromatic carbocycles. The molecule has 0 fully saturated rings. The van der Waals surface area contributed by atoms with Gasteiger partial charge in [0.1, 0.15) is 0 Å². The minimum absolute atomic E-state index is 0.0187. The van der Waals surface area contributed by atoms with Gasteiger partial charge in [0.25, 0.3) is 5.91 Å². The lowest BCUT2D eigenvalue weighted by Gasteiger charge is -2.31. The maximum Gasteiger partial charge on any atom is 0.490 e. The number of carbonyl (C=O) groups is 5. The fraction of sp³-hybridized carbons (Fsp3) is 0.536. The fourth-order valence-electron chi connectivity index (χ4n) is 3.79. The second kappa shape index (κ2) is 19.3. The number of hydrazine groups is 1. The summed E-state index contributed by atoms with van der Waals surface area (Å²) < 4.78 is 31.7. The summed E-state index contributed by atoms with van der Waals surface area (Å²) in [5, 5.41) is 26.5. The van der Waals surface area contributed by atoms with Crippen LogP contribution < -0.4 is 16.6 Å². The van der Waals surface area contributed by atoms with Gasteiger partial charge in [-0.15, -0.1) is 0 Å². The lowest BCUT2D eigenvalue weighted by atomic mass is 9.82. The number of nitrogens with zero attached hydrogens (tertiary/aromatic N) is 1. The van der Waals surface area contributed by atoms with E-state index < -0.39 is 53.7 Å². The van der Waals surface area contributed by atoms with Crippen molar-refractivity contribution < 1.29 is 52.6 Å². The summed E-state index contributed by atoms with van der Waals surface area (Å²) in [4.78, 5) is 58.7. The maximum atomic E-state index is 13.4. The number of carbonyl (C=O) groups excluding carboxylic acids is 3. The van der Waals surface area contributed by atoms with Crippen molar-refractivity contribution in [2.75, 3.05) is 6.54 Å². The number of halogens is 3. The first-order valence-corrected chi connectivity index (χ1v) is 13.4. The number of carboxylic acids is 2. The monoisotopic (exact) mass is 618 g/mol. The molecule has 0 aliphatic carbocycles. The predicted octanol–water partition coefficient (Wildman–Crippen LogP) is 3.22. The molecule has 1 aromatic rings. The highest BCUT2D eigenvalue weighted by molar-refractivity contribution is 5.90. The summed E-state index contributed by atoms with van der Waals surface area (Å²) in [6.45, 7) is 7.69. The van der Waals surface area contributed by atoms with E-state index in [2.05, 4.69) is 5.43 Å². The third kappa shape index (κ3) is 16.3. The van der Waals surface area contributed by atoms with Crippen molar-refractivity contribution in [3.8, 4) is 0 Å². The van der Waals surface area contributed by atoms with Crippen LogP contribution in [0.5, 0.6) is 0 Å².